The highest BCUT2D eigenvalue weighted by Gasteiger charge is 2.04. The molecule has 0 fully saturated rings. The number of nitrogens with zero attached hydrogens (tertiary/aromatic N) is 2. The minimum Gasteiger partial charge on any atom is -0.373 e. The van der Waals surface area contributed by atoms with Crippen LogP contribution >= 0.6 is 0 Å². The van der Waals surface area contributed by atoms with Crippen molar-refractivity contribution in [3.05, 3.63) is 42.5 Å². The summed E-state index contributed by atoms with van der Waals surface area (Å²) in [6.07, 6.45) is 2.81. The molecule has 0 N–H and O–H groups in total. The first-order valence-electron chi connectivity index (χ1n) is 4.60. The zero-order valence-corrected chi connectivity index (χ0v) is 8.40. The number of rotatable bonds is 4. The molecule has 0 unspecified atom stereocenters. The largest absolute Gasteiger partial charge is 0.373 e. The molecule has 2 nitrogen and oxygen atoms in total. The summed E-state index contributed by atoms with van der Waals surface area (Å²) in [6, 6.07) is 9.80. The Balaban J connectivity index is 2.83. The molecule has 0 atom stereocenters. The van der Waals surface area contributed by atoms with E-state index in [-0.39, 0.29) is 0 Å². The van der Waals surface area contributed by atoms with E-state index >= 15 is 0 Å². The third-order valence-corrected chi connectivity index (χ3v) is 2.10. The Morgan fingerprint density at radius 2 is 2.21 bits per heavy atom. The Morgan fingerprint density at radius 1 is 1.50 bits per heavy atom. The van der Waals surface area contributed by atoms with Crippen LogP contribution in [0.25, 0.3) is 0 Å². The van der Waals surface area contributed by atoms with Crippen molar-refractivity contribution in [3.63, 3.8) is 0 Å². The molecule has 72 valence electrons. The number of anilines is 1. The molecule has 0 heterocycles. The summed E-state index contributed by atoms with van der Waals surface area (Å²) >= 11 is 0. The van der Waals surface area contributed by atoms with Crippen LogP contribution in [0.4, 0.5) is 5.69 Å². The topological polar surface area (TPSA) is 27.0 Å². The molecule has 0 saturated carbocycles. The summed E-state index contributed by atoms with van der Waals surface area (Å²) in [5.41, 5.74) is 1.70. The van der Waals surface area contributed by atoms with Gasteiger partial charge in [-0.3, -0.25) is 0 Å². The van der Waals surface area contributed by atoms with E-state index in [1.807, 2.05) is 37.4 Å². The first kappa shape index (κ1) is 10.3. The van der Waals surface area contributed by atoms with Crippen LogP contribution in [-0.4, -0.2) is 13.6 Å². The van der Waals surface area contributed by atoms with E-state index in [9.17, 15) is 0 Å². The van der Waals surface area contributed by atoms with Crippen molar-refractivity contribution >= 4 is 5.69 Å². The highest BCUT2D eigenvalue weighted by molar-refractivity contribution is 5.58. The smallest absolute Gasteiger partial charge is 0.101 e. The zero-order chi connectivity index (χ0) is 10.4. The van der Waals surface area contributed by atoms with Gasteiger partial charge in [0, 0.05) is 13.6 Å². The Bertz CT molecular complexity index is 350. The van der Waals surface area contributed by atoms with Gasteiger partial charge in [-0.2, -0.15) is 5.26 Å². The van der Waals surface area contributed by atoms with E-state index in [2.05, 4.69) is 17.5 Å². The van der Waals surface area contributed by atoms with Gasteiger partial charge in [0.25, 0.3) is 0 Å². The molecule has 1 rings (SSSR count). The molecule has 0 bridgehead atoms. The van der Waals surface area contributed by atoms with Gasteiger partial charge in [-0.05, 0) is 18.6 Å². The van der Waals surface area contributed by atoms with Gasteiger partial charge in [0.2, 0.25) is 0 Å². The lowest BCUT2D eigenvalue weighted by atomic mass is 10.2. The van der Waals surface area contributed by atoms with Crippen LogP contribution in [0.2, 0.25) is 0 Å². The molecule has 14 heavy (non-hydrogen) atoms. The minimum absolute atomic E-state index is 0.721. The molecular formula is C12H14N2. The Hall–Kier alpha value is -1.75. The average Bonchev–Trinajstić information content (AvgIpc) is 2.25. The predicted octanol–water partition coefficient (Wildman–Crippen LogP) is 2.57. The summed E-state index contributed by atoms with van der Waals surface area (Å²) < 4.78 is 0. The maximum Gasteiger partial charge on any atom is 0.101 e. The van der Waals surface area contributed by atoms with Crippen molar-refractivity contribution in [1.82, 2.24) is 0 Å². The van der Waals surface area contributed by atoms with Crippen LogP contribution in [0.15, 0.2) is 36.9 Å². The van der Waals surface area contributed by atoms with Crippen LogP contribution in [0.3, 0.4) is 0 Å². The molecule has 0 radical (unpaired) electrons. The zero-order valence-electron chi connectivity index (χ0n) is 8.40. The normalized spacial score (nSPS) is 9.14. The standard InChI is InChI=1S/C12H14N2/c1-3-4-9-14(2)12-8-6-5-7-11(12)10-13/h3,5-8H,1,4,9H2,2H3. The molecule has 0 aliphatic rings. The van der Waals surface area contributed by atoms with E-state index in [4.69, 9.17) is 5.26 Å². The van der Waals surface area contributed by atoms with Gasteiger partial charge in [-0.1, -0.05) is 18.2 Å². The van der Waals surface area contributed by atoms with Crippen LogP contribution in [0, 0.1) is 11.3 Å². The second kappa shape index (κ2) is 5.08. The monoisotopic (exact) mass is 186 g/mol. The number of para-hydroxylation sites is 1. The highest BCUT2D eigenvalue weighted by atomic mass is 15.1. The third kappa shape index (κ3) is 2.37. The molecule has 1 aromatic carbocycles. The van der Waals surface area contributed by atoms with Crippen LogP contribution in [0.1, 0.15) is 12.0 Å². The van der Waals surface area contributed by atoms with Crippen LogP contribution in [0.5, 0.6) is 0 Å². The third-order valence-electron chi connectivity index (χ3n) is 2.10. The van der Waals surface area contributed by atoms with Gasteiger partial charge in [-0.15, -0.1) is 6.58 Å². The number of nitriles is 1. The van der Waals surface area contributed by atoms with Crippen molar-refractivity contribution in [3.8, 4) is 6.07 Å². The Labute approximate surface area is 85.1 Å². The minimum atomic E-state index is 0.721. The number of hydrogen-bond acceptors (Lipinski definition) is 2. The van der Waals surface area contributed by atoms with E-state index in [0.29, 0.717) is 0 Å². The van der Waals surface area contributed by atoms with Gasteiger partial charge in [0.15, 0.2) is 0 Å². The fraction of sp³-hybridized carbons (Fsp3) is 0.250. The first-order chi connectivity index (χ1) is 6.79. The van der Waals surface area contributed by atoms with E-state index < -0.39 is 0 Å². The summed E-state index contributed by atoms with van der Waals surface area (Å²) in [5, 5.41) is 8.90. The molecule has 0 aliphatic heterocycles. The summed E-state index contributed by atoms with van der Waals surface area (Å²) in [7, 11) is 1.99. The lowest BCUT2D eigenvalue weighted by molar-refractivity contribution is 0.898. The number of benzene rings is 1. The van der Waals surface area contributed by atoms with Crippen molar-refractivity contribution in [2.45, 2.75) is 6.42 Å². The van der Waals surface area contributed by atoms with Crippen molar-refractivity contribution < 1.29 is 0 Å². The predicted molar refractivity (Wildman–Crippen MR) is 59.2 cm³/mol. The highest BCUT2D eigenvalue weighted by Crippen LogP contribution is 2.17. The van der Waals surface area contributed by atoms with Gasteiger partial charge >= 0.3 is 0 Å². The van der Waals surface area contributed by atoms with Crippen molar-refractivity contribution in [1.29, 1.82) is 5.26 Å². The average molecular weight is 186 g/mol. The lowest BCUT2D eigenvalue weighted by Gasteiger charge is -2.19. The van der Waals surface area contributed by atoms with Crippen LogP contribution < -0.4 is 4.90 Å². The Kier molecular flexibility index (Phi) is 3.75. The van der Waals surface area contributed by atoms with E-state index in [0.717, 1.165) is 24.2 Å². The lowest BCUT2D eigenvalue weighted by Crippen LogP contribution is -2.18. The fourth-order valence-electron chi connectivity index (χ4n) is 1.31. The molecular weight excluding hydrogens is 172 g/mol. The molecule has 0 saturated heterocycles. The van der Waals surface area contributed by atoms with Gasteiger partial charge in [-0.25, -0.2) is 0 Å². The molecule has 2 heteroatoms. The first-order valence-corrected chi connectivity index (χ1v) is 4.60. The molecule has 0 amide bonds. The molecule has 0 spiro atoms. The summed E-state index contributed by atoms with van der Waals surface area (Å²) in [6.45, 7) is 4.57. The second-order valence-electron chi connectivity index (χ2n) is 3.13. The van der Waals surface area contributed by atoms with Crippen molar-refractivity contribution in [2.24, 2.45) is 0 Å². The molecule has 0 aromatic heterocycles. The summed E-state index contributed by atoms with van der Waals surface area (Å²) in [4.78, 5) is 2.07. The van der Waals surface area contributed by atoms with Crippen molar-refractivity contribution in [2.75, 3.05) is 18.5 Å². The molecule has 1 aromatic rings. The van der Waals surface area contributed by atoms with Gasteiger partial charge in [0.05, 0.1) is 11.3 Å². The van der Waals surface area contributed by atoms with Crippen LogP contribution in [-0.2, 0) is 0 Å². The maximum absolute atomic E-state index is 8.90. The Morgan fingerprint density at radius 3 is 2.86 bits per heavy atom. The van der Waals surface area contributed by atoms with E-state index in [1.165, 1.54) is 0 Å². The SMILES string of the molecule is C=CCCN(C)c1ccccc1C#N. The quantitative estimate of drug-likeness (QED) is 0.676. The maximum atomic E-state index is 8.90. The number of hydrogen-bond donors (Lipinski definition) is 0. The van der Waals surface area contributed by atoms with Gasteiger partial charge < -0.3 is 4.90 Å². The second-order valence-corrected chi connectivity index (χ2v) is 3.13. The van der Waals surface area contributed by atoms with E-state index in [1.54, 1.807) is 0 Å². The van der Waals surface area contributed by atoms with Gasteiger partial charge in [0.1, 0.15) is 6.07 Å². The molecule has 0 aliphatic carbocycles. The summed E-state index contributed by atoms with van der Waals surface area (Å²) in [5.74, 6) is 0. The fourth-order valence-corrected chi connectivity index (χ4v) is 1.31.